The van der Waals surface area contributed by atoms with Gasteiger partial charge < -0.3 is 5.32 Å². The van der Waals surface area contributed by atoms with Crippen LogP contribution >= 0.6 is 23.2 Å². The van der Waals surface area contributed by atoms with Gasteiger partial charge in [-0.1, -0.05) is 54.4 Å². The zero-order valence-corrected chi connectivity index (χ0v) is 18.9. The maximum Gasteiger partial charge on any atom is 0.228 e. The van der Waals surface area contributed by atoms with Gasteiger partial charge in [-0.15, -0.1) is 0 Å². The van der Waals surface area contributed by atoms with Crippen LogP contribution < -0.4 is 5.32 Å². The summed E-state index contributed by atoms with van der Waals surface area (Å²) in [7, 11) is -3.30. The van der Waals surface area contributed by atoms with Gasteiger partial charge in [-0.25, -0.2) is 8.42 Å². The van der Waals surface area contributed by atoms with Gasteiger partial charge in [0.15, 0.2) is 15.6 Å². The number of rotatable bonds is 7. The molecule has 0 aliphatic heterocycles. The molecular weight excluding hydrogens is 457 g/mol. The topological polar surface area (TPSA) is 80.3 Å². The molecule has 1 N–H and O–H groups in total. The Morgan fingerprint density at radius 1 is 0.903 bits per heavy atom. The Balaban J connectivity index is 1.81. The maximum atomic E-state index is 13.0. The molecule has 0 saturated heterocycles. The van der Waals surface area contributed by atoms with Crippen LogP contribution in [0.25, 0.3) is 0 Å². The van der Waals surface area contributed by atoms with E-state index in [1.165, 1.54) is 18.2 Å². The van der Waals surface area contributed by atoms with E-state index in [1.54, 1.807) is 55.5 Å². The highest BCUT2D eigenvalue weighted by Crippen LogP contribution is 2.27. The molecule has 0 aliphatic carbocycles. The number of carbonyl (C=O) groups is 2. The van der Waals surface area contributed by atoms with E-state index in [0.717, 1.165) is 0 Å². The monoisotopic (exact) mass is 475 g/mol. The van der Waals surface area contributed by atoms with Gasteiger partial charge in [0.1, 0.15) is 0 Å². The average Bonchev–Trinajstić information content (AvgIpc) is 2.75. The number of carbonyl (C=O) groups excluding carboxylic acids is 2. The van der Waals surface area contributed by atoms with E-state index in [4.69, 9.17) is 23.2 Å². The van der Waals surface area contributed by atoms with Crippen molar-refractivity contribution in [3.05, 3.63) is 93.5 Å². The van der Waals surface area contributed by atoms with Crippen LogP contribution in [0.1, 0.15) is 28.4 Å². The SMILES string of the molecule is CCS(=O)(=O)c1ccc(CC(=O)Nc2ccc(Cl)cc2C(=O)c2ccccc2Cl)cc1. The number of amides is 1. The van der Waals surface area contributed by atoms with Crippen molar-refractivity contribution in [1.29, 1.82) is 0 Å². The van der Waals surface area contributed by atoms with Crippen molar-refractivity contribution in [2.24, 2.45) is 0 Å². The minimum Gasteiger partial charge on any atom is -0.325 e. The average molecular weight is 476 g/mol. The smallest absolute Gasteiger partial charge is 0.228 e. The zero-order chi connectivity index (χ0) is 22.6. The highest BCUT2D eigenvalue weighted by molar-refractivity contribution is 7.91. The predicted octanol–water partition coefficient (Wildman–Crippen LogP) is 5.20. The third-order valence-electron chi connectivity index (χ3n) is 4.65. The second-order valence-corrected chi connectivity index (χ2v) is 9.89. The molecule has 0 spiro atoms. The summed E-state index contributed by atoms with van der Waals surface area (Å²) in [6.45, 7) is 1.57. The highest BCUT2D eigenvalue weighted by Gasteiger charge is 2.18. The van der Waals surface area contributed by atoms with Crippen LogP contribution in [-0.4, -0.2) is 25.9 Å². The lowest BCUT2D eigenvalue weighted by Crippen LogP contribution is -2.17. The molecule has 160 valence electrons. The molecule has 0 aromatic heterocycles. The quantitative estimate of drug-likeness (QED) is 0.476. The molecule has 3 rings (SSSR count). The minimum absolute atomic E-state index is 0.00559. The molecule has 31 heavy (non-hydrogen) atoms. The normalized spacial score (nSPS) is 11.2. The lowest BCUT2D eigenvalue weighted by atomic mass is 10.0. The second kappa shape index (κ2) is 9.64. The molecule has 0 heterocycles. The Hall–Kier alpha value is -2.67. The second-order valence-electron chi connectivity index (χ2n) is 6.77. The summed E-state index contributed by atoms with van der Waals surface area (Å²) in [5, 5.41) is 3.38. The zero-order valence-electron chi connectivity index (χ0n) is 16.6. The number of hydrogen-bond donors (Lipinski definition) is 1. The fourth-order valence-corrected chi connectivity index (χ4v) is 4.24. The van der Waals surface area contributed by atoms with Crippen LogP contribution in [0, 0.1) is 0 Å². The third-order valence-corrected chi connectivity index (χ3v) is 6.96. The van der Waals surface area contributed by atoms with Crippen LogP contribution in [0.2, 0.25) is 10.0 Å². The molecule has 1 amide bonds. The summed E-state index contributed by atoms with van der Waals surface area (Å²) >= 11 is 12.2. The van der Waals surface area contributed by atoms with Crippen molar-refractivity contribution < 1.29 is 18.0 Å². The number of sulfone groups is 1. The van der Waals surface area contributed by atoms with Crippen molar-refractivity contribution in [3.8, 4) is 0 Å². The van der Waals surface area contributed by atoms with Crippen LogP contribution in [0.3, 0.4) is 0 Å². The van der Waals surface area contributed by atoms with E-state index in [9.17, 15) is 18.0 Å². The molecule has 0 saturated carbocycles. The van der Waals surface area contributed by atoms with Crippen LogP contribution in [-0.2, 0) is 21.1 Å². The van der Waals surface area contributed by atoms with Crippen molar-refractivity contribution in [2.45, 2.75) is 18.2 Å². The van der Waals surface area contributed by atoms with Crippen molar-refractivity contribution in [1.82, 2.24) is 0 Å². The largest absolute Gasteiger partial charge is 0.325 e. The number of nitrogens with one attached hydrogen (secondary N) is 1. The first-order valence-electron chi connectivity index (χ1n) is 9.41. The molecular formula is C23H19Cl2NO4S. The van der Waals surface area contributed by atoms with Crippen LogP contribution in [0.4, 0.5) is 5.69 Å². The summed E-state index contributed by atoms with van der Waals surface area (Å²) in [5.41, 5.74) is 1.47. The maximum absolute atomic E-state index is 13.0. The van der Waals surface area contributed by atoms with Crippen LogP contribution in [0.5, 0.6) is 0 Å². The van der Waals surface area contributed by atoms with Gasteiger partial charge in [0.05, 0.1) is 27.8 Å². The molecule has 0 radical (unpaired) electrons. The van der Waals surface area contributed by atoms with Crippen molar-refractivity contribution >= 4 is 50.4 Å². The van der Waals surface area contributed by atoms with E-state index < -0.39 is 9.84 Å². The molecule has 0 bridgehead atoms. The molecule has 5 nitrogen and oxygen atoms in total. The fraction of sp³-hybridized carbons (Fsp3) is 0.130. The van der Waals surface area contributed by atoms with E-state index in [2.05, 4.69) is 5.32 Å². The number of anilines is 1. The first-order chi connectivity index (χ1) is 14.7. The lowest BCUT2D eigenvalue weighted by Gasteiger charge is -2.12. The molecule has 0 unspecified atom stereocenters. The van der Waals surface area contributed by atoms with Gasteiger partial charge in [0.25, 0.3) is 0 Å². The molecule has 0 aliphatic rings. The lowest BCUT2D eigenvalue weighted by molar-refractivity contribution is -0.115. The molecule has 3 aromatic carbocycles. The Morgan fingerprint density at radius 3 is 2.23 bits per heavy atom. The predicted molar refractivity (Wildman–Crippen MR) is 123 cm³/mol. The molecule has 8 heteroatoms. The molecule has 3 aromatic rings. The van der Waals surface area contributed by atoms with Gasteiger partial charge in [-0.3, -0.25) is 9.59 Å². The summed E-state index contributed by atoms with van der Waals surface area (Å²) in [5.74, 6) is -0.717. The fourth-order valence-electron chi connectivity index (χ4n) is 2.96. The van der Waals surface area contributed by atoms with E-state index in [0.29, 0.717) is 26.9 Å². The Bertz CT molecular complexity index is 1240. The van der Waals surface area contributed by atoms with Gasteiger partial charge in [0, 0.05) is 16.1 Å². The standard InChI is InChI=1S/C23H19Cl2NO4S/c1-2-31(29,30)17-10-7-15(8-11-17)13-22(27)26-21-12-9-16(24)14-19(21)23(28)18-5-3-4-6-20(18)25/h3-12,14H,2,13H2,1H3,(H,26,27). The third kappa shape index (κ3) is 5.53. The number of halogens is 2. The summed E-state index contributed by atoms with van der Waals surface area (Å²) in [6.07, 6.45) is 0.00873. The van der Waals surface area contributed by atoms with Crippen molar-refractivity contribution in [2.75, 3.05) is 11.1 Å². The Kier molecular flexibility index (Phi) is 7.15. The summed E-state index contributed by atoms with van der Waals surface area (Å²) in [4.78, 5) is 25.8. The molecule has 0 atom stereocenters. The number of hydrogen-bond acceptors (Lipinski definition) is 4. The molecule has 0 fully saturated rings. The van der Waals surface area contributed by atoms with E-state index >= 15 is 0 Å². The van der Waals surface area contributed by atoms with E-state index in [-0.39, 0.29) is 34.3 Å². The summed E-state index contributed by atoms with van der Waals surface area (Å²) in [6, 6.07) is 17.4. The van der Waals surface area contributed by atoms with Gasteiger partial charge in [-0.05, 0) is 48.0 Å². The van der Waals surface area contributed by atoms with E-state index in [1.807, 2.05) is 0 Å². The minimum atomic E-state index is -3.30. The van der Waals surface area contributed by atoms with Crippen LogP contribution in [0.15, 0.2) is 71.6 Å². The van der Waals surface area contributed by atoms with Gasteiger partial charge in [0.2, 0.25) is 5.91 Å². The van der Waals surface area contributed by atoms with Gasteiger partial charge >= 0.3 is 0 Å². The first-order valence-corrected chi connectivity index (χ1v) is 11.8. The summed E-state index contributed by atoms with van der Waals surface area (Å²) < 4.78 is 23.8. The van der Waals surface area contributed by atoms with Gasteiger partial charge in [-0.2, -0.15) is 0 Å². The first kappa shape index (κ1) is 23.0. The van der Waals surface area contributed by atoms with Crippen molar-refractivity contribution in [3.63, 3.8) is 0 Å². The Labute approximate surface area is 190 Å². The Morgan fingerprint density at radius 2 is 1.58 bits per heavy atom. The number of ketones is 1. The highest BCUT2D eigenvalue weighted by atomic mass is 35.5. The number of benzene rings is 3.